The molecule has 0 aliphatic heterocycles. The van der Waals surface area contributed by atoms with E-state index in [-0.39, 0.29) is 0 Å². The lowest BCUT2D eigenvalue weighted by Crippen LogP contribution is -1.91. The molecule has 0 amide bonds. The Hall–Kier alpha value is -1.12. The van der Waals surface area contributed by atoms with Crippen LogP contribution in [0.5, 0.6) is 0 Å². The molecule has 0 fully saturated rings. The first-order valence-electron chi connectivity index (χ1n) is 11.4. The predicted molar refractivity (Wildman–Crippen MR) is 129 cm³/mol. The number of hydrogen-bond donors (Lipinski definition) is 0. The minimum atomic E-state index is 1.16. The van der Waals surface area contributed by atoms with Gasteiger partial charge >= 0.3 is 0 Å². The fraction of sp³-hybridized carbons (Fsp3) is 0.538. The van der Waals surface area contributed by atoms with Gasteiger partial charge in [-0.25, -0.2) is 0 Å². The van der Waals surface area contributed by atoms with E-state index in [1.54, 1.807) is 9.75 Å². The van der Waals surface area contributed by atoms with Crippen LogP contribution in [0.1, 0.15) is 86.1 Å². The van der Waals surface area contributed by atoms with E-state index in [0.29, 0.717) is 0 Å². The largest absolute Gasteiger partial charge is 0.129 e. The number of hydrogen-bond acceptors (Lipinski definition) is 2. The zero-order chi connectivity index (χ0) is 19.6. The van der Waals surface area contributed by atoms with Crippen LogP contribution in [0, 0.1) is 0 Å². The van der Waals surface area contributed by atoms with E-state index in [9.17, 15) is 0 Å². The SMILES string of the molecule is CCCCCCCc1ccc(CCc2cc3cc(CCCCC)sc3s2)cc1. The highest BCUT2D eigenvalue weighted by Crippen LogP contribution is 2.34. The van der Waals surface area contributed by atoms with Crippen LogP contribution in [0.15, 0.2) is 36.4 Å². The fourth-order valence-corrected chi connectivity index (χ4v) is 6.39. The Morgan fingerprint density at radius 2 is 1.11 bits per heavy atom. The standard InChI is InChI=1S/C26H36S2/c1-3-5-7-8-10-11-21-13-15-22(16-14-21)17-18-25-20-23-19-24(12-9-6-4-2)27-26(23)28-25/h13-16,19-20H,3-12,17-18H2,1-2H3. The van der Waals surface area contributed by atoms with Crippen molar-refractivity contribution in [2.45, 2.75) is 90.9 Å². The van der Waals surface area contributed by atoms with E-state index >= 15 is 0 Å². The quantitative estimate of drug-likeness (QED) is 0.246. The third-order valence-corrected chi connectivity index (χ3v) is 8.11. The Morgan fingerprint density at radius 1 is 0.571 bits per heavy atom. The molecule has 2 heteroatoms. The normalized spacial score (nSPS) is 11.5. The molecule has 2 aromatic heterocycles. The van der Waals surface area contributed by atoms with Crippen molar-refractivity contribution < 1.29 is 0 Å². The van der Waals surface area contributed by atoms with Crippen molar-refractivity contribution in [1.29, 1.82) is 0 Å². The maximum atomic E-state index is 2.44. The fourth-order valence-electron chi connectivity index (χ4n) is 3.81. The highest BCUT2D eigenvalue weighted by molar-refractivity contribution is 7.38. The number of unbranched alkanes of at least 4 members (excludes halogenated alkanes) is 6. The molecule has 152 valence electrons. The molecule has 0 aliphatic rings. The van der Waals surface area contributed by atoms with Crippen LogP contribution < -0.4 is 0 Å². The van der Waals surface area contributed by atoms with Gasteiger partial charge in [-0.05, 0) is 61.8 Å². The summed E-state index contributed by atoms with van der Waals surface area (Å²) in [7, 11) is 0. The summed E-state index contributed by atoms with van der Waals surface area (Å²) in [5.41, 5.74) is 2.99. The zero-order valence-corrected chi connectivity index (χ0v) is 19.4. The summed E-state index contributed by atoms with van der Waals surface area (Å²) in [4.78, 5) is 3.12. The molecule has 0 bridgehead atoms. The molecule has 1 aromatic carbocycles. The van der Waals surface area contributed by atoms with Gasteiger partial charge < -0.3 is 0 Å². The van der Waals surface area contributed by atoms with E-state index in [1.807, 2.05) is 22.7 Å². The molecule has 28 heavy (non-hydrogen) atoms. The van der Waals surface area contributed by atoms with Crippen molar-refractivity contribution in [2.75, 3.05) is 0 Å². The molecular weight excluding hydrogens is 376 g/mol. The van der Waals surface area contributed by atoms with Gasteiger partial charge in [-0.1, -0.05) is 76.6 Å². The molecule has 0 aliphatic carbocycles. The Bertz CT molecular complexity index is 775. The van der Waals surface area contributed by atoms with E-state index in [2.05, 4.69) is 50.2 Å². The summed E-state index contributed by atoms with van der Waals surface area (Å²) in [6, 6.07) is 14.3. The van der Waals surface area contributed by atoms with Gasteiger partial charge in [0, 0.05) is 15.1 Å². The van der Waals surface area contributed by atoms with E-state index in [4.69, 9.17) is 0 Å². The van der Waals surface area contributed by atoms with Crippen LogP contribution in [-0.4, -0.2) is 0 Å². The molecule has 2 heterocycles. The first kappa shape index (κ1) is 21.6. The monoisotopic (exact) mass is 412 g/mol. The molecule has 0 N–H and O–H groups in total. The summed E-state index contributed by atoms with van der Waals surface area (Å²) < 4.78 is 1.53. The summed E-state index contributed by atoms with van der Waals surface area (Å²) in [6.07, 6.45) is 15.7. The summed E-state index contributed by atoms with van der Waals surface area (Å²) >= 11 is 4.04. The first-order chi connectivity index (χ1) is 13.8. The van der Waals surface area contributed by atoms with Gasteiger partial charge in [-0.2, -0.15) is 0 Å². The van der Waals surface area contributed by atoms with E-state index in [1.165, 1.54) is 91.2 Å². The van der Waals surface area contributed by atoms with Crippen LogP contribution in [0.25, 0.3) is 9.40 Å². The van der Waals surface area contributed by atoms with Gasteiger partial charge in [0.15, 0.2) is 0 Å². The van der Waals surface area contributed by atoms with Gasteiger partial charge in [-0.3, -0.25) is 0 Å². The maximum absolute atomic E-state index is 2.44. The first-order valence-corrected chi connectivity index (χ1v) is 13.0. The number of aryl methyl sites for hydroxylation is 4. The van der Waals surface area contributed by atoms with E-state index < -0.39 is 0 Å². The van der Waals surface area contributed by atoms with Gasteiger partial charge in [0.05, 0.1) is 4.01 Å². The molecule has 0 saturated heterocycles. The van der Waals surface area contributed by atoms with Crippen LogP contribution in [0.2, 0.25) is 0 Å². The summed E-state index contributed by atoms with van der Waals surface area (Å²) in [6.45, 7) is 4.56. The highest BCUT2D eigenvalue weighted by Gasteiger charge is 2.07. The van der Waals surface area contributed by atoms with Crippen molar-refractivity contribution in [3.63, 3.8) is 0 Å². The molecule has 0 unspecified atom stereocenters. The van der Waals surface area contributed by atoms with Crippen molar-refractivity contribution in [3.8, 4) is 0 Å². The molecule has 3 aromatic rings. The number of fused-ring (bicyclic) bond motifs is 1. The Labute approximate surface area is 180 Å². The predicted octanol–water partition coefficient (Wildman–Crippen LogP) is 8.99. The maximum Gasteiger partial charge on any atom is 0.0870 e. The lowest BCUT2D eigenvalue weighted by molar-refractivity contribution is 0.632. The van der Waals surface area contributed by atoms with Crippen molar-refractivity contribution >= 4 is 32.1 Å². The van der Waals surface area contributed by atoms with Gasteiger partial charge in [0.25, 0.3) is 0 Å². The lowest BCUT2D eigenvalue weighted by Gasteiger charge is -2.04. The molecule has 0 spiro atoms. The second-order valence-electron chi connectivity index (χ2n) is 8.11. The van der Waals surface area contributed by atoms with Gasteiger partial charge in [-0.15, -0.1) is 22.7 Å². The second-order valence-corrected chi connectivity index (χ2v) is 10.6. The average Bonchev–Trinajstić information content (AvgIpc) is 3.26. The van der Waals surface area contributed by atoms with E-state index in [0.717, 1.165) is 6.42 Å². The number of thiophene rings is 2. The Kier molecular flexibility index (Phi) is 9.08. The van der Waals surface area contributed by atoms with Crippen molar-refractivity contribution in [1.82, 2.24) is 0 Å². The van der Waals surface area contributed by atoms with Crippen LogP contribution in [0.4, 0.5) is 0 Å². The van der Waals surface area contributed by atoms with Crippen molar-refractivity contribution in [2.24, 2.45) is 0 Å². The summed E-state index contributed by atoms with van der Waals surface area (Å²) in [5, 5.41) is 1.48. The molecule has 0 saturated carbocycles. The average molecular weight is 413 g/mol. The van der Waals surface area contributed by atoms with Crippen LogP contribution >= 0.6 is 22.7 Å². The van der Waals surface area contributed by atoms with Crippen LogP contribution in [0.3, 0.4) is 0 Å². The molecule has 0 radical (unpaired) electrons. The smallest absolute Gasteiger partial charge is 0.0870 e. The lowest BCUT2D eigenvalue weighted by atomic mass is 10.0. The minimum Gasteiger partial charge on any atom is -0.129 e. The molecular formula is C26H36S2. The third kappa shape index (κ3) is 6.74. The third-order valence-electron chi connectivity index (χ3n) is 5.60. The van der Waals surface area contributed by atoms with Crippen molar-refractivity contribution in [3.05, 3.63) is 57.3 Å². The second kappa shape index (κ2) is 11.8. The zero-order valence-electron chi connectivity index (χ0n) is 17.8. The van der Waals surface area contributed by atoms with Gasteiger partial charge in [0.2, 0.25) is 0 Å². The highest BCUT2D eigenvalue weighted by atomic mass is 32.2. The Morgan fingerprint density at radius 3 is 1.75 bits per heavy atom. The van der Waals surface area contributed by atoms with Gasteiger partial charge in [0.1, 0.15) is 0 Å². The topological polar surface area (TPSA) is 0 Å². The summed E-state index contributed by atoms with van der Waals surface area (Å²) in [5.74, 6) is 0. The molecule has 0 nitrogen and oxygen atoms in total. The number of rotatable bonds is 13. The van der Waals surface area contributed by atoms with Crippen LogP contribution in [-0.2, 0) is 25.7 Å². The molecule has 3 rings (SSSR count). The Balaban J connectivity index is 1.44. The number of benzene rings is 1. The molecule has 0 atom stereocenters. The minimum absolute atomic E-state index is 1.16.